The minimum Gasteiger partial charge on any atom is -0.208 e. The minimum atomic E-state index is -0.862. The molecule has 3 aliphatic carbocycles. The summed E-state index contributed by atoms with van der Waals surface area (Å²) in [5, 5.41) is 0. The van der Waals surface area contributed by atoms with E-state index in [0.29, 0.717) is 41.0 Å². The third-order valence-corrected chi connectivity index (χ3v) is 10.2. The molecule has 0 amide bonds. The second-order valence-electron chi connectivity index (χ2n) is 11.9. The van der Waals surface area contributed by atoms with Gasteiger partial charge in [0.2, 0.25) is 0 Å². The van der Waals surface area contributed by atoms with Crippen molar-refractivity contribution in [2.75, 3.05) is 0 Å². The van der Waals surface area contributed by atoms with E-state index in [0.717, 1.165) is 36.7 Å². The van der Waals surface area contributed by atoms with E-state index in [-0.39, 0.29) is 5.56 Å². The lowest BCUT2D eigenvalue weighted by molar-refractivity contribution is 0.190. The van der Waals surface area contributed by atoms with Crippen molar-refractivity contribution in [2.45, 2.75) is 83.5 Å². The largest absolute Gasteiger partial charge is 0.208 e. The highest BCUT2D eigenvalue weighted by Gasteiger charge is 2.30. The third-order valence-electron chi connectivity index (χ3n) is 9.67. The molecule has 0 bridgehead atoms. The van der Waals surface area contributed by atoms with Crippen LogP contribution in [0.2, 0.25) is 0 Å². The lowest BCUT2D eigenvalue weighted by Crippen LogP contribution is -2.23. The number of hydrogen-bond acceptors (Lipinski definition) is 0. The van der Waals surface area contributed by atoms with Crippen LogP contribution in [0.5, 0.6) is 0 Å². The lowest BCUT2D eigenvalue weighted by atomic mass is 9.70. The van der Waals surface area contributed by atoms with Gasteiger partial charge >= 0.3 is 0 Å². The quantitative estimate of drug-likeness (QED) is 0.193. The first-order valence-corrected chi connectivity index (χ1v) is 16.4. The van der Waals surface area contributed by atoms with E-state index in [4.69, 9.17) is 0 Å². The zero-order chi connectivity index (χ0) is 28.9. The smallest absolute Gasteiger partial charge is 0.167 e. The van der Waals surface area contributed by atoms with Crippen LogP contribution in [0.15, 0.2) is 75.9 Å². The second-order valence-corrected chi connectivity index (χ2v) is 12.6. The minimum absolute atomic E-state index is 0.178. The van der Waals surface area contributed by atoms with Gasteiger partial charge in [-0.3, -0.25) is 0 Å². The Labute approximate surface area is 255 Å². The molecule has 2 aromatic carbocycles. The van der Waals surface area contributed by atoms with Crippen molar-refractivity contribution in [2.24, 2.45) is 17.8 Å². The van der Waals surface area contributed by atoms with Crippen molar-refractivity contribution < 1.29 is 17.6 Å². The Hall–Kier alpha value is -2.15. The Kier molecular flexibility index (Phi) is 10.3. The molecule has 0 aliphatic heterocycles. The molecular weight excluding hydrogens is 635 g/mol. The van der Waals surface area contributed by atoms with Gasteiger partial charge in [0, 0.05) is 17.0 Å². The molecule has 0 saturated heterocycles. The fourth-order valence-electron chi connectivity index (χ4n) is 7.13. The molecule has 218 valence electrons. The van der Waals surface area contributed by atoms with Crippen LogP contribution in [0.1, 0.15) is 94.6 Å². The van der Waals surface area contributed by atoms with E-state index < -0.39 is 29.2 Å². The molecule has 2 unspecified atom stereocenters. The topological polar surface area (TPSA) is 0 Å². The molecule has 2 atom stereocenters. The van der Waals surface area contributed by atoms with Crippen LogP contribution in [0.25, 0.3) is 16.7 Å². The van der Waals surface area contributed by atoms with Gasteiger partial charge in [-0.25, -0.2) is 17.6 Å². The molecule has 2 aromatic rings. The number of rotatable bonds is 8. The van der Waals surface area contributed by atoms with Gasteiger partial charge in [0.15, 0.2) is 17.5 Å². The molecule has 0 aromatic heterocycles. The summed E-state index contributed by atoms with van der Waals surface area (Å²) in [6, 6.07) is 10.0. The van der Waals surface area contributed by atoms with Gasteiger partial charge in [-0.05, 0) is 102 Å². The molecule has 5 heteroatoms. The van der Waals surface area contributed by atoms with E-state index in [1.54, 1.807) is 49.4 Å². The molecule has 0 heterocycles. The van der Waals surface area contributed by atoms with Crippen molar-refractivity contribution in [1.82, 2.24) is 0 Å². The number of allylic oxidation sites excluding steroid dienone is 7. The monoisotopic (exact) mass is 674 g/mol. The fraction of sp³-hybridized carbons (Fsp3) is 0.444. The average Bonchev–Trinajstić information content (AvgIpc) is 3.01. The summed E-state index contributed by atoms with van der Waals surface area (Å²) >= 11 is 2.28. The summed E-state index contributed by atoms with van der Waals surface area (Å²) in [5.74, 6) is -1.66. The van der Waals surface area contributed by atoms with Crippen molar-refractivity contribution in [1.29, 1.82) is 0 Å². The van der Waals surface area contributed by atoms with E-state index in [2.05, 4.69) is 38.8 Å². The Morgan fingerprint density at radius 1 is 0.805 bits per heavy atom. The highest BCUT2D eigenvalue weighted by atomic mass is 127. The van der Waals surface area contributed by atoms with E-state index >= 15 is 8.78 Å². The standard InChI is InChI=1S/C36H39F4I/c1-2-24-18-19-30(34(38)33(24)37)28-14-16-29(17-15-28)32-21-20-31(35(39)36(32)40)27-12-10-26(11-13-27)25-8-6-23(7-9-25)5-3-4-22-41/h4,12,14-18,20-23,25-26,30H,2-3,5-11,13,19H2,1H3/b22-4+. The summed E-state index contributed by atoms with van der Waals surface area (Å²) < 4.78 is 61.8. The van der Waals surface area contributed by atoms with Gasteiger partial charge < -0.3 is 0 Å². The summed E-state index contributed by atoms with van der Waals surface area (Å²) in [7, 11) is 0. The van der Waals surface area contributed by atoms with Crippen LogP contribution in [0.3, 0.4) is 0 Å². The predicted molar refractivity (Wildman–Crippen MR) is 170 cm³/mol. The van der Waals surface area contributed by atoms with Gasteiger partial charge in [0.1, 0.15) is 5.83 Å². The van der Waals surface area contributed by atoms with Gasteiger partial charge in [0.05, 0.1) is 0 Å². The number of halogens is 5. The summed E-state index contributed by atoms with van der Waals surface area (Å²) in [4.78, 5) is 0. The molecule has 0 nitrogen and oxygen atoms in total. The Morgan fingerprint density at radius 3 is 2.17 bits per heavy atom. The Morgan fingerprint density at radius 2 is 1.51 bits per heavy atom. The number of benzene rings is 2. The van der Waals surface area contributed by atoms with E-state index in [9.17, 15) is 8.78 Å². The van der Waals surface area contributed by atoms with Crippen molar-refractivity contribution >= 4 is 28.2 Å². The van der Waals surface area contributed by atoms with Crippen LogP contribution in [0.4, 0.5) is 17.6 Å². The fourth-order valence-corrected chi connectivity index (χ4v) is 7.49. The van der Waals surface area contributed by atoms with Gasteiger partial charge in [-0.2, -0.15) is 0 Å². The SMILES string of the molecule is CCC1=CCC(c2ccc(-c3ccc(C4=CCC(C5CCC(CC/C=C/I)CC5)CC4)c(F)c3F)cc2)C(F)=C1F. The molecule has 1 saturated carbocycles. The van der Waals surface area contributed by atoms with Crippen molar-refractivity contribution in [3.05, 3.63) is 98.7 Å². The average molecular weight is 675 g/mol. The maximum Gasteiger partial charge on any atom is 0.167 e. The third kappa shape index (κ3) is 6.76. The lowest BCUT2D eigenvalue weighted by Gasteiger charge is -2.35. The van der Waals surface area contributed by atoms with Gasteiger partial charge in [-0.15, -0.1) is 0 Å². The molecule has 5 rings (SSSR count). The molecular formula is C36H39F4I. The predicted octanol–water partition coefficient (Wildman–Crippen LogP) is 12.3. The summed E-state index contributed by atoms with van der Waals surface area (Å²) in [6.45, 7) is 1.80. The Bertz CT molecular complexity index is 1340. The summed E-state index contributed by atoms with van der Waals surface area (Å²) in [6.07, 6.45) is 17.4. The van der Waals surface area contributed by atoms with Crippen LogP contribution >= 0.6 is 22.6 Å². The maximum atomic E-state index is 15.4. The highest BCUT2D eigenvalue weighted by molar-refractivity contribution is 14.1. The van der Waals surface area contributed by atoms with Crippen LogP contribution in [-0.4, -0.2) is 0 Å². The van der Waals surface area contributed by atoms with Crippen LogP contribution in [0, 0.1) is 29.4 Å². The molecule has 0 N–H and O–H groups in total. The first-order chi connectivity index (χ1) is 19.9. The summed E-state index contributed by atoms with van der Waals surface area (Å²) in [5.41, 5.74) is 2.97. The molecule has 1 fully saturated rings. The molecule has 0 radical (unpaired) electrons. The van der Waals surface area contributed by atoms with E-state index in [1.165, 1.54) is 38.5 Å². The van der Waals surface area contributed by atoms with Crippen LogP contribution < -0.4 is 0 Å². The first-order valence-electron chi connectivity index (χ1n) is 15.2. The van der Waals surface area contributed by atoms with E-state index in [1.807, 2.05) is 0 Å². The second kappa shape index (κ2) is 13.9. The number of hydrogen-bond donors (Lipinski definition) is 0. The maximum absolute atomic E-state index is 15.4. The highest BCUT2D eigenvalue weighted by Crippen LogP contribution is 2.44. The van der Waals surface area contributed by atoms with Crippen LogP contribution in [-0.2, 0) is 0 Å². The zero-order valence-electron chi connectivity index (χ0n) is 23.8. The molecule has 0 spiro atoms. The first kappa shape index (κ1) is 30.3. The molecule has 41 heavy (non-hydrogen) atoms. The van der Waals surface area contributed by atoms with Gasteiger partial charge in [-0.1, -0.05) is 97.0 Å². The molecule has 3 aliphatic rings. The zero-order valence-corrected chi connectivity index (χ0v) is 25.9. The van der Waals surface area contributed by atoms with Gasteiger partial charge in [0.25, 0.3) is 0 Å². The Balaban J connectivity index is 1.23. The van der Waals surface area contributed by atoms with Crippen molar-refractivity contribution in [3.63, 3.8) is 0 Å². The van der Waals surface area contributed by atoms with Crippen molar-refractivity contribution in [3.8, 4) is 11.1 Å². The normalized spacial score (nSPS) is 25.4.